The van der Waals surface area contributed by atoms with Crippen molar-refractivity contribution in [3.63, 3.8) is 0 Å². The van der Waals surface area contributed by atoms with E-state index in [0.717, 1.165) is 29.7 Å². The van der Waals surface area contributed by atoms with E-state index >= 15 is 0 Å². The van der Waals surface area contributed by atoms with Crippen molar-refractivity contribution >= 4 is 17.6 Å². The van der Waals surface area contributed by atoms with Gasteiger partial charge in [-0.25, -0.2) is 4.79 Å². The molecule has 1 fully saturated rings. The molecule has 29 heavy (non-hydrogen) atoms. The number of rotatable bonds is 5. The van der Waals surface area contributed by atoms with Crippen molar-refractivity contribution in [1.29, 1.82) is 0 Å². The van der Waals surface area contributed by atoms with Gasteiger partial charge in [-0.15, -0.1) is 0 Å². The molecule has 152 valence electrons. The van der Waals surface area contributed by atoms with E-state index in [4.69, 9.17) is 0 Å². The predicted molar refractivity (Wildman–Crippen MR) is 117 cm³/mol. The highest BCUT2D eigenvalue weighted by Gasteiger charge is 2.23. The van der Waals surface area contributed by atoms with Gasteiger partial charge in [0, 0.05) is 37.9 Å². The third kappa shape index (κ3) is 6.21. The van der Waals surface area contributed by atoms with Gasteiger partial charge in [-0.2, -0.15) is 0 Å². The number of urea groups is 1. The van der Waals surface area contributed by atoms with E-state index in [2.05, 4.69) is 17.4 Å². The van der Waals surface area contributed by atoms with Crippen molar-refractivity contribution < 1.29 is 9.59 Å². The fourth-order valence-electron chi connectivity index (χ4n) is 3.42. The fourth-order valence-corrected chi connectivity index (χ4v) is 3.42. The lowest BCUT2D eigenvalue weighted by atomic mass is 10.1. The molecule has 0 atom stereocenters. The Balaban J connectivity index is 1.45. The molecule has 2 aromatic carbocycles. The average molecular weight is 392 g/mol. The zero-order valence-electron chi connectivity index (χ0n) is 17.2. The summed E-state index contributed by atoms with van der Waals surface area (Å²) in [5, 5.41) is 2.93. The zero-order chi connectivity index (χ0) is 20.6. The lowest BCUT2D eigenvalue weighted by Crippen LogP contribution is -2.51. The highest BCUT2D eigenvalue weighted by atomic mass is 16.2. The Labute approximate surface area is 173 Å². The summed E-state index contributed by atoms with van der Waals surface area (Å²) in [6.07, 6.45) is 3.55. The number of nitrogens with one attached hydrogen (secondary N) is 1. The van der Waals surface area contributed by atoms with Crippen molar-refractivity contribution in [2.45, 2.75) is 26.7 Å². The van der Waals surface area contributed by atoms with Crippen LogP contribution in [0.25, 0.3) is 0 Å². The first-order valence-electron chi connectivity index (χ1n) is 10.1. The average Bonchev–Trinajstić information content (AvgIpc) is 2.73. The fraction of sp³-hybridized carbons (Fsp3) is 0.333. The SMILES string of the molecule is CC(=CC(=O)N1CCN(C(=O)Nc2cccc(C)c2)CC1)CCc1ccccc1. The number of carbonyl (C=O) groups is 2. The number of anilines is 1. The highest BCUT2D eigenvalue weighted by molar-refractivity contribution is 5.90. The van der Waals surface area contributed by atoms with Crippen molar-refractivity contribution in [3.8, 4) is 0 Å². The second kappa shape index (κ2) is 9.92. The van der Waals surface area contributed by atoms with Crippen LogP contribution < -0.4 is 5.32 Å². The Morgan fingerprint density at radius 3 is 2.34 bits per heavy atom. The van der Waals surface area contributed by atoms with E-state index in [-0.39, 0.29) is 11.9 Å². The molecule has 1 saturated heterocycles. The Morgan fingerprint density at radius 1 is 0.966 bits per heavy atom. The van der Waals surface area contributed by atoms with E-state index in [0.29, 0.717) is 26.2 Å². The number of benzene rings is 2. The molecule has 1 aliphatic rings. The maximum absolute atomic E-state index is 12.6. The van der Waals surface area contributed by atoms with Crippen molar-refractivity contribution in [2.24, 2.45) is 0 Å². The molecule has 1 aliphatic heterocycles. The van der Waals surface area contributed by atoms with Gasteiger partial charge < -0.3 is 15.1 Å². The van der Waals surface area contributed by atoms with Crippen molar-refractivity contribution in [1.82, 2.24) is 9.80 Å². The largest absolute Gasteiger partial charge is 0.336 e. The van der Waals surface area contributed by atoms with E-state index in [9.17, 15) is 9.59 Å². The molecule has 5 heteroatoms. The topological polar surface area (TPSA) is 52.7 Å². The Morgan fingerprint density at radius 2 is 1.66 bits per heavy atom. The van der Waals surface area contributed by atoms with E-state index in [1.807, 2.05) is 61.2 Å². The van der Waals surface area contributed by atoms with Crippen molar-refractivity contribution in [3.05, 3.63) is 77.4 Å². The molecule has 0 saturated carbocycles. The number of allylic oxidation sites excluding steroid dienone is 1. The Kier molecular flexibility index (Phi) is 7.06. The molecule has 0 aliphatic carbocycles. The standard InChI is InChI=1S/C24H29N3O2/c1-19-7-6-10-22(17-19)25-24(29)27-15-13-26(14-16-27)23(28)18-20(2)11-12-21-8-4-3-5-9-21/h3-10,17-18H,11-16H2,1-2H3,(H,25,29). The molecule has 0 spiro atoms. The van der Waals surface area contributed by atoms with Crippen molar-refractivity contribution in [2.75, 3.05) is 31.5 Å². The summed E-state index contributed by atoms with van der Waals surface area (Å²) < 4.78 is 0. The molecular weight excluding hydrogens is 362 g/mol. The Bertz CT molecular complexity index is 869. The Hall–Kier alpha value is -3.08. The minimum atomic E-state index is -0.114. The van der Waals surface area contributed by atoms with Crippen LogP contribution in [-0.2, 0) is 11.2 Å². The number of hydrogen-bond acceptors (Lipinski definition) is 2. The van der Waals surface area contributed by atoms with Crippen LogP contribution in [0.2, 0.25) is 0 Å². The molecule has 3 amide bonds. The zero-order valence-corrected chi connectivity index (χ0v) is 17.2. The first kappa shape index (κ1) is 20.6. The molecule has 1 heterocycles. The molecule has 0 unspecified atom stereocenters. The smallest absolute Gasteiger partial charge is 0.321 e. The maximum Gasteiger partial charge on any atom is 0.321 e. The molecule has 0 bridgehead atoms. The molecule has 2 aromatic rings. The number of piperazine rings is 1. The third-order valence-electron chi connectivity index (χ3n) is 5.17. The summed E-state index contributed by atoms with van der Waals surface area (Å²) >= 11 is 0. The van der Waals surface area contributed by atoms with Gasteiger partial charge in [0.25, 0.3) is 0 Å². The minimum Gasteiger partial charge on any atom is -0.336 e. The molecule has 1 N–H and O–H groups in total. The number of amides is 3. The quantitative estimate of drug-likeness (QED) is 0.775. The molecule has 0 radical (unpaired) electrons. The van der Waals surface area contributed by atoms with Crippen LogP contribution in [0.15, 0.2) is 66.2 Å². The van der Waals surface area contributed by atoms with Gasteiger partial charge in [0.2, 0.25) is 5.91 Å². The summed E-state index contributed by atoms with van der Waals surface area (Å²) in [6, 6.07) is 17.9. The first-order valence-corrected chi connectivity index (χ1v) is 10.1. The van der Waals surface area contributed by atoms with Crippen LogP contribution in [0.4, 0.5) is 10.5 Å². The van der Waals surface area contributed by atoms with Crippen LogP contribution in [0.5, 0.6) is 0 Å². The summed E-state index contributed by atoms with van der Waals surface area (Å²) in [4.78, 5) is 28.6. The molecule has 0 aromatic heterocycles. The van der Waals surface area contributed by atoms with Crippen LogP contribution in [-0.4, -0.2) is 47.9 Å². The number of aryl methyl sites for hydroxylation is 2. The third-order valence-corrected chi connectivity index (χ3v) is 5.17. The lowest BCUT2D eigenvalue weighted by molar-refractivity contribution is -0.127. The second-order valence-electron chi connectivity index (χ2n) is 7.59. The minimum absolute atomic E-state index is 0.0364. The summed E-state index contributed by atoms with van der Waals surface area (Å²) in [7, 11) is 0. The van der Waals surface area contributed by atoms with E-state index in [1.165, 1.54) is 5.56 Å². The normalized spacial score (nSPS) is 14.6. The lowest BCUT2D eigenvalue weighted by Gasteiger charge is -2.34. The number of nitrogens with zero attached hydrogens (tertiary/aromatic N) is 2. The van der Waals surface area contributed by atoms with Gasteiger partial charge >= 0.3 is 6.03 Å². The molecule has 3 rings (SSSR count). The predicted octanol–water partition coefficient (Wildman–Crippen LogP) is 4.25. The van der Waals surface area contributed by atoms with Crippen LogP contribution in [0.1, 0.15) is 24.5 Å². The first-order chi connectivity index (χ1) is 14.0. The summed E-state index contributed by atoms with van der Waals surface area (Å²) in [5.41, 5.74) is 4.26. The van der Waals surface area contributed by atoms with E-state index in [1.54, 1.807) is 11.0 Å². The molecule has 5 nitrogen and oxygen atoms in total. The number of hydrogen-bond donors (Lipinski definition) is 1. The monoisotopic (exact) mass is 391 g/mol. The molecular formula is C24H29N3O2. The van der Waals surface area contributed by atoms with E-state index < -0.39 is 0 Å². The van der Waals surface area contributed by atoms with Gasteiger partial charge in [-0.3, -0.25) is 4.79 Å². The van der Waals surface area contributed by atoms with Crippen LogP contribution in [0.3, 0.4) is 0 Å². The van der Waals surface area contributed by atoms with Gasteiger partial charge in [-0.1, -0.05) is 48.0 Å². The second-order valence-corrected chi connectivity index (χ2v) is 7.59. The maximum atomic E-state index is 12.6. The highest BCUT2D eigenvalue weighted by Crippen LogP contribution is 2.13. The van der Waals surface area contributed by atoms with Gasteiger partial charge in [0.1, 0.15) is 0 Å². The summed E-state index contributed by atoms with van der Waals surface area (Å²) in [6.45, 7) is 6.20. The van der Waals surface area contributed by atoms with Crippen LogP contribution in [0, 0.1) is 6.92 Å². The summed E-state index contributed by atoms with van der Waals surface area (Å²) in [5.74, 6) is 0.0364. The number of carbonyl (C=O) groups excluding carboxylic acids is 2. The van der Waals surface area contributed by atoms with Gasteiger partial charge in [0.05, 0.1) is 0 Å². The van der Waals surface area contributed by atoms with Crippen LogP contribution >= 0.6 is 0 Å². The van der Waals surface area contributed by atoms with Gasteiger partial charge in [0.15, 0.2) is 0 Å². The van der Waals surface area contributed by atoms with Gasteiger partial charge in [-0.05, 0) is 49.9 Å².